The van der Waals surface area contributed by atoms with Gasteiger partial charge in [0.2, 0.25) is 0 Å². The molecule has 2 aliphatic rings. The van der Waals surface area contributed by atoms with Gasteiger partial charge in [0.25, 0.3) is 0 Å². The molecule has 0 spiro atoms. The quantitative estimate of drug-likeness (QED) is 0.0402. The van der Waals surface area contributed by atoms with Crippen LogP contribution in [0.15, 0.2) is 121 Å². The minimum absolute atomic E-state index is 0.190. The van der Waals surface area contributed by atoms with Crippen LogP contribution in [0.2, 0.25) is 0 Å². The molecule has 2 aliphatic heterocycles. The second-order valence-corrected chi connectivity index (χ2v) is 20.0. The smallest absolute Gasteiger partial charge is 0.119 e. The van der Waals surface area contributed by atoms with Crippen LogP contribution in [0.3, 0.4) is 0 Å². The number of aromatic nitrogens is 4. The van der Waals surface area contributed by atoms with Crippen molar-refractivity contribution in [3.63, 3.8) is 0 Å². The van der Waals surface area contributed by atoms with Crippen LogP contribution in [0, 0.1) is 0 Å². The van der Waals surface area contributed by atoms with Crippen LogP contribution in [-0.2, 0) is 0 Å². The van der Waals surface area contributed by atoms with Gasteiger partial charge in [-0.3, -0.25) is 0 Å². The summed E-state index contributed by atoms with van der Waals surface area (Å²) in [6, 6.07) is 39.9. The van der Waals surface area contributed by atoms with E-state index in [1.807, 2.05) is 24.3 Å². The number of phenolic OH excluding ortho intramolecular Hbond substituents is 2. The number of fused-ring (bicyclic) bond motifs is 8. The average molecular weight is 987 g/mol. The highest BCUT2D eigenvalue weighted by atomic mass is 16.5. The number of aromatic hydroxyl groups is 2. The van der Waals surface area contributed by atoms with Gasteiger partial charge in [0, 0.05) is 44.3 Å². The van der Waals surface area contributed by atoms with Gasteiger partial charge in [-0.15, -0.1) is 0 Å². The van der Waals surface area contributed by atoms with Gasteiger partial charge in [-0.25, -0.2) is 9.97 Å². The molecular formula is C66H74N4O4. The number of hydrogen-bond acceptors (Lipinski definition) is 6. The lowest BCUT2D eigenvalue weighted by molar-refractivity contribution is 0.304. The zero-order chi connectivity index (χ0) is 50.9. The fourth-order valence-electron chi connectivity index (χ4n) is 10.3. The molecule has 0 unspecified atom stereocenters. The second-order valence-electron chi connectivity index (χ2n) is 20.0. The topological polar surface area (TPSA) is 116 Å². The number of nitrogens with one attached hydrogen (secondary N) is 2. The summed E-state index contributed by atoms with van der Waals surface area (Å²) in [4.78, 5) is 18.5. The van der Waals surface area contributed by atoms with Gasteiger partial charge >= 0.3 is 0 Å². The molecule has 0 amide bonds. The van der Waals surface area contributed by atoms with E-state index in [-0.39, 0.29) is 11.5 Å². The molecule has 0 saturated carbocycles. The third-order valence-electron chi connectivity index (χ3n) is 14.4. The summed E-state index contributed by atoms with van der Waals surface area (Å²) in [5.41, 5.74) is 14.2. The van der Waals surface area contributed by atoms with Gasteiger partial charge in [0.1, 0.15) is 23.0 Å². The van der Waals surface area contributed by atoms with Crippen molar-refractivity contribution in [3.8, 4) is 67.5 Å². The van der Waals surface area contributed by atoms with Crippen LogP contribution >= 0.6 is 0 Å². The van der Waals surface area contributed by atoms with Crippen molar-refractivity contribution in [2.45, 2.75) is 129 Å². The number of phenols is 2. The first-order chi connectivity index (χ1) is 36.4. The van der Waals surface area contributed by atoms with Crippen molar-refractivity contribution >= 4 is 46.4 Å². The molecule has 74 heavy (non-hydrogen) atoms. The third kappa shape index (κ3) is 13.3. The lowest BCUT2D eigenvalue weighted by Gasteiger charge is -2.09. The molecule has 8 bridgehead atoms. The first-order valence-corrected chi connectivity index (χ1v) is 27.7. The van der Waals surface area contributed by atoms with Crippen molar-refractivity contribution in [2.24, 2.45) is 0 Å². The molecule has 0 atom stereocenters. The molecule has 9 rings (SSSR count). The highest BCUT2D eigenvalue weighted by molar-refractivity contribution is 6.00. The van der Waals surface area contributed by atoms with E-state index < -0.39 is 0 Å². The van der Waals surface area contributed by atoms with Crippen molar-refractivity contribution in [1.29, 1.82) is 0 Å². The Balaban J connectivity index is 1.12. The van der Waals surface area contributed by atoms with Crippen LogP contribution in [0.4, 0.5) is 0 Å². The molecule has 3 aromatic heterocycles. The summed E-state index contributed by atoms with van der Waals surface area (Å²) in [5, 5.41) is 20.8. The number of aromatic amines is 2. The summed E-state index contributed by atoms with van der Waals surface area (Å²) < 4.78 is 12.6. The van der Waals surface area contributed by atoms with E-state index in [0.717, 1.165) is 114 Å². The van der Waals surface area contributed by atoms with Crippen LogP contribution in [0.5, 0.6) is 23.0 Å². The monoisotopic (exact) mass is 987 g/mol. The van der Waals surface area contributed by atoms with E-state index in [1.54, 1.807) is 24.3 Å². The molecule has 0 saturated heterocycles. The number of ether oxygens (including phenoxy) is 2. The molecule has 5 heterocycles. The molecule has 7 aromatic rings. The van der Waals surface area contributed by atoms with Crippen LogP contribution in [0.1, 0.15) is 152 Å². The fourth-order valence-corrected chi connectivity index (χ4v) is 10.3. The third-order valence-corrected chi connectivity index (χ3v) is 14.4. The van der Waals surface area contributed by atoms with E-state index in [0.29, 0.717) is 13.2 Å². The largest absolute Gasteiger partial charge is 0.508 e. The van der Waals surface area contributed by atoms with Crippen molar-refractivity contribution in [3.05, 3.63) is 144 Å². The summed E-state index contributed by atoms with van der Waals surface area (Å²) in [6.45, 7) is 5.94. The highest BCUT2D eigenvalue weighted by Gasteiger charge is 2.19. The van der Waals surface area contributed by atoms with E-state index in [1.165, 1.54) is 103 Å². The number of hydrogen-bond donors (Lipinski definition) is 4. The standard InChI is InChI=1S/C66H74N4O4/c1-3-5-7-9-11-13-15-17-19-45-73-53-33-25-49(26-34-53)65-59-41-39-57(68-59)63(47-21-29-51(71)30-22-47)55-37-38-56(67-55)64(48-23-31-52(72)32-24-48)58-40-42-60(69-58)66(62-44-43-61(65)70-62)50-27-35-54(36-28-50)74-46-20-18-16-14-12-10-8-6-4-2/h21-44,67,70-72H,3-20,45-46H2,1-2H3. The second kappa shape index (κ2) is 26.1. The maximum absolute atomic E-state index is 10.4. The minimum Gasteiger partial charge on any atom is -0.508 e. The van der Waals surface area contributed by atoms with Crippen LogP contribution < -0.4 is 9.47 Å². The minimum atomic E-state index is 0.190. The lowest BCUT2D eigenvalue weighted by atomic mass is 10.0. The molecule has 8 nitrogen and oxygen atoms in total. The van der Waals surface area contributed by atoms with Crippen LogP contribution in [-0.4, -0.2) is 43.4 Å². The van der Waals surface area contributed by atoms with Crippen LogP contribution in [0.25, 0.3) is 90.9 Å². The summed E-state index contributed by atoms with van der Waals surface area (Å²) in [5.74, 6) is 2.09. The normalized spacial score (nSPS) is 11.9. The zero-order valence-electron chi connectivity index (χ0n) is 43.6. The van der Waals surface area contributed by atoms with Gasteiger partial charge in [0.05, 0.1) is 36.0 Å². The van der Waals surface area contributed by atoms with E-state index >= 15 is 0 Å². The molecule has 0 radical (unpaired) electrons. The Bertz CT molecular complexity index is 2940. The van der Waals surface area contributed by atoms with Gasteiger partial charge in [-0.05, 0) is 132 Å². The van der Waals surface area contributed by atoms with Gasteiger partial charge in [0.15, 0.2) is 0 Å². The Morgan fingerprint density at radius 2 is 0.581 bits per heavy atom. The molecule has 4 aromatic carbocycles. The van der Waals surface area contributed by atoms with Crippen molar-refractivity contribution < 1.29 is 19.7 Å². The Morgan fingerprint density at radius 1 is 0.324 bits per heavy atom. The number of rotatable bonds is 26. The average Bonchev–Trinajstić information content (AvgIpc) is 4.29. The molecule has 4 N–H and O–H groups in total. The zero-order valence-corrected chi connectivity index (χ0v) is 43.6. The van der Waals surface area contributed by atoms with Crippen molar-refractivity contribution in [2.75, 3.05) is 13.2 Å². The predicted octanol–water partition coefficient (Wildman–Crippen LogP) is 18.6. The summed E-state index contributed by atoms with van der Waals surface area (Å²) in [7, 11) is 0. The summed E-state index contributed by atoms with van der Waals surface area (Å²) >= 11 is 0. The summed E-state index contributed by atoms with van der Waals surface area (Å²) in [6.07, 6.45) is 31.3. The number of H-pyrrole nitrogens is 2. The number of benzene rings is 4. The maximum atomic E-state index is 10.4. The molecular weight excluding hydrogens is 913 g/mol. The Kier molecular flexibility index (Phi) is 18.2. The Hall–Kier alpha value is -7.32. The molecule has 8 heteroatoms. The van der Waals surface area contributed by atoms with Gasteiger partial charge in [-0.1, -0.05) is 165 Å². The van der Waals surface area contributed by atoms with E-state index in [4.69, 9.17) is 19.4 Å². The first kappa shape index (κ1) is 51.6. The lowest BCUT2D eigenvalue weighted by Crippen LogP contribution is -1.97. The van der Waals surface area contributed by atoms with Gasteiger partial charge in [-0.2, -0.15) is 0 Å². The predicted molar refractivity (Wildman–Crippen MR) is 309 cm³/mol. The Labute approximate surface area is 438 Å². The van der Waals surface area contributed by atoms with Gasteiger partial charge < -0.3 is 29.7 Å². The molecule has 382 valence electrons. The van der Waals surface area contributed by atoms with E-state index in [2.05, 4.69) is 121 Å². The molecule has 0 aliphatic carbocycles. The SMILES string of the molecule is CCCCCCCCCCCOc1ccc(-c2c3nc(c(-c4ccc(O)cc4)c4ccc([nH]4)c(-c4ccc(O)cc4)c4nc(c(-c5ccc(OCCCCCCCCCCC)cc5)c5ccc2[nH]5)C=C4)C=C3)cc1. The fraction of sp³-hybridized carbons (Fsp3) is 0.333. The highest BCUT2D eigenvalue weighted by Crippen LogP contribution is 2.39. The van der Waals surface area contributed by atoms with E-state index in [9.17, 15) is 10.2 Å². The van der Waals surface area contributed by atoms with Crippen molar-refractivity contribution in [1.82, 2.24) is 19.9 Å². The first-order valence-electron chi connectivity index (χ1n) is 27.7. The maximum Gasteiger partial charge on any atom is 0.119 e. The Morgan fingerprint density at radius 3 is 0.865 bits per heavy atom. The number of unbranched alkanes of at least 4 members (excludes halogenated alkanes) is 16. The molecule has 0 fully saturated rings. The number of nitrogens with zero attached hydrogens (tertiary/aromatic N) is 2.